The number of rotatable bonds is 2. The molecule has 0 aromatic carbocycles. The molecule has 3 aliphatic rings. The van der Waals surface area contributed by atoms with Gasteiger partial charge in [-0.15, -0.1) is 0 Å². The zero-order valence-electron chi connectivity index (χ0n) is 13.4. The number of hydrogen-bond acceptors (Lipinski definition) is 6. The molecule has 3 fully saturated rings. The summed E-state index contributed by atoms with van der Waals surface area (Å²) < 4.78 is 24.1. The summed E-state index contributed by atoms with van der Waals surface area (Å²) in [6.45, 7) is 5.06. The normalized spacial score (nSPS) is 30.3. The SMILES string of the molecule is O=C([C@H]1COC[C@H]2CN(c3ncc(F)cn3)C[C@H]21)N1CCOCC1. The lowest BCUT2D eigenvalue weighted by Crippen LogP contribution is -2.49. The van der Waals surface area contributed by atoms with Crippen molar-refractivity contribution in [3.8, 4) is 0 Å². The third kappa shape index (κ3) is 2.95. The number of aromatic nitrogens is 2. The fourth-order valence-electron chi connectivity index (χ4n) is 3.90. The quantitative estimate of drug-likeness (QED) is 0.767. The smallest absolute Gasteiger partial charge is 0.228 e. The van der Waals surface area contributed by atoms with Gasteiger partial charge in [-0.05, 0) is 5.92 Å². The molecule has 1 aromatic rings. The van der Waals surface area contributed by atoms with Crippen LogP contribution in [0, 0.1) is 23.6 Å². The lowest BCUT2D eigenvalue weighted by Gasteiger charge is -2.36. The Bertz CT molecular complexity index is 593. The Morgan fingerprint density at radius 3 is 2.62 bits per heavy atom. The van der Waals surface area contributed by atoms with Crippen LogP contribution in [0.2, 0.25) is 0 Å². The topological polar surface area (TPSA) is 67.8 Å². The van der Waals surface area contributed by atoms with E-state index < -0.39 is 5.82 Å². The van der Waals surface area contributed by atoms with Crippen molar-refractivity contribution >= 4 is 11.9 Å². The second-order valence-corrected chi connectivity index (χ2v) is 6.61. The maximum atomic E-state index is 13.0. The van der Waals surface area contributed by atoms with Crippen LogP contribution in [0.15, 0.2) is 12.4 Å². The van der Waals surface area contributed by atoms with Gasteiger partial charge in [-0.1, -0.05) is 0 Å². The molecular formula is C16H21FN4O3. The van der Waals surface area contributed by atoms with Crippen LogP contribution in [0.4, 0.5) is 10.3 Å². The Kier molecular flexibility index (Phi) is 4.32. The van der Waals surface area contributed by atoms with Crippen LogP contribution in [0.3, 0.4) is 0 Å². The van der Waals surface area contributed by atoms with Gasteiger partial charge in [0.2, 0.25) is 11.9 Å². The van der Waals surface area contributed by atoms with Crippen LogP contribution in [0.1, 0.15) is 0 Å². The number of anilines is 1. The fraction of sp³-hybridized carbons (Fsp3) is 0.688. The van der Waals surface area contributed by atoms with Crippen LogP contribution in [0.25, 0.3) is 0 Å². The van der Waals surface area contributed by atoms with Gasteiger partial charge in [0.05, 0.1) is 44.7 Å². The van der Waals surface area contributed by atoms with E-state index in [1.54, 1.807) is 0 Å². The number of halogens is 1. The average Bonchev–Trinajstić information content (AvgIpc) is 3.06. The summed E-state index contributed by atoms with van der Waals surface area (Å²) in [5.74, 6) is 0.606. The van der Waals surface area contributed by atoms with Gasteiger partial charge < -0.3 is 19.3 Å². The number of amides is 1. The van der Waals surface area contributed by atoms with Gasteiger partial charge in [0.1, 0.15) is 0 Å². The monoisotopic (exact) mass is 336 g/mol. The van der Waals surface area contributed by atoms with Crippen LogP contribution in [-0.2, 0) is 14.3 Å². The van der Waals surface area contributed by atoms with E-state index in [2.05, 4.69) is 9.97 Å². The van der Waals surface area contributed by atoms with E-state index in [1.807, 2.05) is 9.80 Å². The molecule has 4 heterocycles. The maximum absolute atomic E-state index is 13.0. The zero-order chi connectivity index (χ0) is 16.5. The van der Waals surface area contributed by atoms with Crippen molar-refractivity contribution in [1.29, 1.82) is 0 Å². The van der Waals surface area contributed by atoms with Gasteiger partial charge in [0, 0.05) is 32.1 Å². The number of nitrogens with zero attached hydrogens (tertiary/aromatic N) is 4. The number of ether oxygens (including phenoxy) is 2. The molecule has 24 heavy (non-hydrogen) atoms. The Labute approximate surface area is 139 Å². The molecule has 0 saturated carbocycles. The van der Waals surface area contributed by atoms with Gasteiger partial charge in [-0.25, -0.2) is 14.4 Å². The molecule has 0 unspecified atom stereocenters. The van der Waals surface area contributed by atoms with Gasteiger partial charge in [0.25, 0.3) is 0 Å². The van der Waals surface area contributed by atoms with Crippen molar-refractivity contribution in [3.63, 3.8) is 0 Å². The minimum Gasteiger partial charge on any atom is -0.380 e. The summed E-state index contributed by atoms with van der Waals surface area (Å²) >= 11 is 0. The second-order valence-electron chi connectivity index (χ2n) is 6.61. The highest BCUT2D eigenvalue weighted by Crippen LogP contribution is 2.36. The van der Waals surface area contributed by atoms with E-state index in [1.165, 1.54) is 12.4 Å². The summed E-state index contributed by atoms with van der Waals surface area (Å²) in [5.41, 5.74) is 0. The van der Waals surface area contributed by atoms with Crippen molar-refractivity contribution < 1.29 is 18.7 Å². The Balaban J connectivity index is 1.48. The molecule has 1 amide bonds. The van der Waals surface area contributed by atoms with Crippen molar-refractivity contribution in [1.82, 2.24) is 14.9 Å². The molecular weight excluding hydrogens is 315 g/mol. The summed E-state index contributed by atoms with van der Waals surface area (Å²) in [6.07, 6.45) is 2.36. The third-order valence-electron chi connectivity index (χ3n) is 5.17. The van der Waals surface area contributed by atoms with E-state index in [4.69, 9.17) is 9.47 Å². The number of fused-ring (bicyclic) bond motifs is 1. The number of hydrogen-bond donors (Lipinski definition) is 0. The first-order valence-electron chi connectivity index (χ1n) is 8.39. The first-order chi connectivity index (χ1) is 11.7. The van der Waals surface area contributed by atoms with Gasteiger partial charge >= 0.3 is 0 Å². The minimum absolute atomic E-state index is 0.132. The van der Waals surface area contributed by atoms with E-state index in [0.29, 0.717) is 52.0 Å². The third-order valence-corrected chi connectivity index (χ3v) is 5.17. The largest absolute Gasteiger partial charge is 0.380 e. The van der Waals surface area contributed by atoms with Crippen molar-refractivity contribution in [2.24, 2.45) is 17.8 Å². The van der Waals surface area contributed by atoms with Gasteiger partial charge in [0.15, 0.2) is 5.82 Å². The van der Waals surface area contributed by atoms with E-state index in [0.717, 1.165) is 6.54 Å². The number of morpholine rings is 1. The van der Waals surface area contributed by atoms with Crippen LogP contribution < -0.4 is 4.90 Å². The maximum Gasteiger partial charge on any atom is 0.228 e. The highest BCUT2D eigenvalue weighted by molar-refractivity contribution is 5.79. The summed E-state index contributed by atoms with van der Waals surface area (Å²) in [7, 11) is 0. The van der Waals surface area contributed by atoms with Crippen LogP contribution in [-0.4, -0.2) is 73.4 Å². The molecule has 0 N–H and O–H groups in total. The predicted molar refractivity (Wildman–Crippen MR) is 82.9 cm³/mol. The number of carbonyl (C=O) groups is 1. The molecule has 130 valence electrons. The molecule has 0 bridgehead atoms. The van der Waals surface area contributed by atoms with Gasteiger partial charge in [-0.2, -0.15) is 0 Å². The Morgan fingerprint density at radius 2 is 1.88 bits per heavy atom. The number of carbonyl (C=O) groups excluding carboxylic acids is 1. The highest BCUT2D eigenvalue weighted by atomic mass is 19.1. The molecule has 0 radical (unpaired) electrons. The standard InChI is InChI=1S/C16H21FN4O3/c17-12-5-18-16(19-6-12)21-7-11-9-24-10-14(13(11)8-21)15(22)20-1-3-23-4-2-20/h5-6,11,13-14H,1-4,7-10H2/t11-,13-,14+/m1/s1. The lowest BCUT2D eigenvalue weighted by atomic mass is 9.82. The Morgan fingerprint density at radius 1 is 1.12 bits per heavy atom. The first kappa shape index (κ1) is 15.7. The summed E-state index contributed by atoms with van der Waals surface area (Å²) in [5, 5.41) is 0. The molecule has 0 spiro atoms. The van der Waals surface area contributed by atoms with Gasteiger partial charge in [-0.3, -0.25) is 4.79 Å². The van der Waals surface area contributed by atoms with Crippen LogP contribution in [0.5, 0.6) is 0 Å². The molecule has 3 aliphatic heterocycles. The van der Waals surface area contributed by atoms with Crippen molar-refractivity contribution in [2.75, 3.05) is 57.5 Å². The minimum atomic E-state index is -0.445. The van der Waals surface area contributed by atoms with E-state index >= 15 is 0 Å². The molecule has 7 nitrogen and oxygen atoms in total. The lowest BCUT2D eigenvalue weighted by molar-refractivity contribution is -0.148. The van der Waals surface area contributed by atoms with E-state index in [-0.39, 0.29) is 23.7 Å². The highest BCUT2D eigenvalue weighted by Gasteiger charge is 2.45. The predicted octanol–water partition coefficient (Wildman–Crippen LogP) is 0.173. The molecule has 0 aliphatic carbocycles. The second kappa shape index (κ2) is 6.60. The average molecular weight is 336 g/mol. The van der Waals surface area contributed by atoms with Crippen LogP contribution >= 0.6 is 0 Å². The molecule has 4 rings (SSSR count). The molecule has 3 atom stereocenters. The zero-order valence-corrected chi connectivity index (χ0v) is 13.4. The van der Waals surface area contributed by atoms with Crippen molar-refractivity contribution in [2.45, 2.75) is 0 Å². The van der Waals surface area contributed by atoms with Crippen molar-refractivity contribution in [3.05, 3.63) is 18.2 Å². The van der Waals surface area contributed by atoms with E-state index in [9.17, 15) is 9.18 Å². The molecule has 8 heteroatoms. The summed E-state index contributed by atoms with van der Waals surface area (Å²) in [6, 6.07) is 0. The molecule has 1 aromatic heterocycles. The molecule has 3 saturated heterocycles. The summed E-state index contributed by atoms with van der Waals surface area (Å²) in [4.78, 5) is 24.9. The first-order valence-corrected chi connectivity index (χ1v) is 8.39. The Hall–Kier alpha value is -1.80. The fourth-order valence-corrected chi connectivity index (χ4v) is 3.90.